The third-order valence-corrected chi connectivity index (χ3v) is 2.21. The Morgan fingerprint density at radius 3 is 2.64 bits per heavy atom. The summed E-state index contributed by atoms with van der Waals surface area (Å²) in [4.78, 5) is 15.0. The van der Waals surface area contributed by atoms with Gasteiger partial charge in [-0.1, -0.05) is 0 Å². The van der Waals surface area contributed by atoms with Crippen molar-refractivity contribution in [3.8, 4) is 0 Å². The van der Waals surface area contributed by atoms with E-state index in [-0.39, 0.29) is 6.03 Å². The minimum atomic E-state index is -0.0294. The molecule has 0 atom stereocenters. The van der Waals surface area contributed by atoms with Crippen molar-refractivity contribution in [1.82, 2.24) is 15.1 Å². The molecule has 0 aromatic heterocycles. The lowest BCUT2D eigenvalue weighted by Crippen LogP contribution is -2.43. The second kappa shape index (κ2) is 5.82. The van der Waals surface area contributed by atoms with Crippen LogP contribution in [-0.2, 0) is 4.74 Å². The summed E-state index contributed by atoms with van der Waals surface area (Å²) in [5.41, 5.74) is 0. The van der Waals surface area contributed by atoms with Crippen molar-refractivity contribution >= 4 is 6.03 Å². The Hall–Kier alpha value is -0.810. The van der Waals surface area contributed by atoms with Crippen LogP contribution in [0.25, 0.3) is 0 Å². The van der Waals surface area contributed by atoms with Gasteiger partial charge in [0.25, 0.3) is 0 Å². The Morgan fingerprint density at radius 1 is 1.43 bits per heavy atom. The van der Waals surface area contributed by atoms with E-state index in [0.29, 0.717) is 6.54 Å². The molecule has 1 fully saturated rings. The van der Waals surface area contributed by atoms with Gasteiger partial charge in [0, 0.05) is 40.3 Å². The average Bonchev–Trinajstić information content (AvgIpc) is 2.19. The molecule has 82 valence electrons. The van der Waals surface area contributed by atoms with Crippen molar-refractivity contribution in [2.45, 2.75) is 0 Å². The lowest BCUT2D eigenvalue weighted by atomic mass is 10.4. The third kappa shape index (κ3) is 3.93. The Kier molecular flexibility index (Phi) is 4.69. The number of urea groups is 1. The van der Waals surface area contributed by atoms with Crippen LogP contribution < -0.4 is 5.32 Å². The Bertz CT molecular complexity index is 179. The van der Waals surface area contributed by atoms with E-state index in [1.54, 1.807) is 19.0 Å². The van der Waals surface area contributed by atoms with Crippen LogP contribution in [0.2, 0.25) is 0 Å². The molecule has 1 saturated heterocycles. The third-order valence-electron chi connectivity index (χ3n) is 2.21. The van der Waals surface area contributed by atoms with Crippen molar-refractivity contribution in [2.24, 2.45) is 0 Å². The van der Waals surface area contributed by atoms with Gasteiger partial charge < -0.3 is 15.0 Å². The standard InChI is InChI=1S/C9H19N3O2/c1-11(2)9(13)10-3-4-12-5-7-14-8-6-12/h3-8H2,1-2H3,(H,10,13). The van der Waals surface area contributed by atoms with Gasteiger partial charge in [-0.05, 0) is 0 Å². The number of ether oxygens (including phenoxy) is 1. The molecular weight excluding hydrogens is 182 g/mol. The van der Waals surface area contributed by atoms with Crippen LogP contribution in [0.4, 0.5) is 4.79 Å². The lowest BCUT2D eigenvalue weighted by molar-refractivity contribution is 0.0386. The molecule has 1 N–H and O–H groups in total. The van der Waals surface area contributed by atoms with Gasteiger partial charge >= 0.3 is 6.03 Å². The molecular formula is C9H19N3O2. The highest BCUT2D eigenvalue weighted by molar-refractivity contribution is 5.73. The number of hydrogen-bond donors (Lipinski definition) is 1. The number of amides is 2. The van der Waals surface area contributed by atoms with E-state index in [1.165, 1.54) is 0 Å². The zero-order valence-corrected chi connectivity index (χ0v) is 8.95. The second-order valence-electron chi connectivity index (χ2n) is 3.58. The fourth-order valence-corrected chi connectivity index (χ4v) is 1.30. The van der Waals surface area contributed by atoms with Gasteiger partial charge in [0.2, 0.25) is 0 Å². The summed E-state index contributed by atoms with van der Waals surface area (Å²) in [5.74, 6) is 0. The number of nitrogens with zero attached hydrogens (tertiary/aromatic N) is 2. The number of rotatable bonds is 3. The van der Waals surface area contributed by atoms with Crippen molar-refractivity contribution in [3.63, 3.8) is 0 Å². The summed E-state index contributed by atoms with van der Waals surface area (Å²) in [6, 6.07) is -0.0294. The smallest absolute Gasteiger partial charge is 0.316 e. The molecule has 0 aliphatic carbocycles. The van der Waals surface area contributed by atoms with Gasteiger partial charge in [-0.15, -0.1) is 0 Å². The SMILES string of the molecule is CN(C)C(=O)NCCN1CCOCC1. The fraction of sp³-hybridized carbons (Fsp3) is 0.889. The molecule has 0 saturated carbocycles. The Morgan fingerprint density at radius 2 is 2.07 bits per heavy atom. The van der Waals surface area contributed by atoms with Gasteiger partial charge in [-0.25, -0.2) is 4.79 Å². The quantitative estimate of drug-likeness (QED) is 0.675. The fourth-order valence-electron chi connectivity index (χ4n) is 1.30. The number of nitrogens with one attached hydrogen (secondary N) is 1. The minimum Gasteiger partial charge on any atom is -0.379 e. The van der Waals surface area contributed by atoms with Gasteiger partial charge in [-0.2, -0.15) is 0 Å². The number of carbonyl (C=O) groups is 1. The van der Waals surface area contributed by atoms with E-state index in [0.717, 1.165) is 32.8 Å². The predicted octanol–water partition coefficient (Wildman–Crippen LogP) is -0.410. The maximum Gasteiger partial charge on any atom is 0.316 e. The highest BCUT2D eigenvalue weighted by Crippen LogP contribution is 1.94. The van der Waals surface area contributed by atoms with Crippen LogP contribution in [0.3, 0.4) is 0 Å². The highest BCUT2D eigenvalue weighted by Gasteiger charge is 2.10. The van der Waals surface area contributed by atoms with Crippen molar-refractivity contribution in [2.75, 3.05) is 53.5 Å². The van der Waals surface area contributed by atoms with Crippen LogP contribution in [0, 0.1) is 0 Å². The molecule has 1 rings (SSSR count). The first-order valence-electron chi connectivity index (χ1n) is 4.95. The van der Waals surface area contributed by atoms with Crippen LogP contribution >= 0.6 is 0 Å². The maximum atomic E-state index is 11.2. The molecule has 0 unspecified atom stereocenters. The van der Waals surface area contributed by atoms with Gasteiger partial charge in [-0.3, -0.25) is 4.90 Å². The van der Waals surface area contributed by atoms with Gasteiger partial charge in [0.15, 0.2) is 0 Å². The van der Waals surface area contributed by atoms with E-state index in [2.05, 4.69) is 10.2 Å². The number of morpholine rings is 1. The zero-order chi connectivity index (χ0) is 10.4. The first kappa shape index (κ1) is 11.3. The van der Waals surface area contributed by atoms with Crippen LogP contribution in [0.15, 0.2) is 0 Å². The molecule has 2 amide bonds. The summed E-state index contributed by atoms with van der Waals surface area (Å²) in [7, 11) is 3.48. The van der Waals surface area contributed by atoms with Gasteiger partial charge in [0.1, 0.15) is 0 Å². The van der Waals surface area contributed by atoms with E-state index in [1.807, 2.05) is 0 Å². The van der Waals surface area contributed by atoms with Crippen molar-refractivity contribution in [1.29, 1.82) is 0 Å². The van der Waals surface area contributed by atoms with E-state index in [9.17, 15) is 4.79 Å². The summed E-state index contributed by atoms with van der Waals surface area (Å²) in [6.45, 7) is 5.17. The Labute approximate surface area is 85.0 Å². The van der Waals surface area contributed by atoms with Crippen molar-refractivity contribution < 1.29 is 9.53 Å². The normalized spacial score (nSPS) is 17.9. The average molecular weight is 201 g/mol. The second-order valence-corrected chi connectivity index (χ2v) is 3.58. The molecule has 14 heavy (non-hydrogen) atoms. The molecule has 0 bridgehead atoms. The molecule has 1 heterocycles. The predicted molar refractivity (Wildman–Crippen MR) is 54.3 cm³/mol. The lowest BCUT2D eigenvalue weighted by Gasteiger charge is -2.26. The van der Waals surface area contributed by atoms with E-state index >= 15 is 0 Å². The largest absolute Gasteiger partial charge is 0.379 e. The molecule has 1 aliphatic rings. The Balaban J connectivity index is 2.05. The molecule has 0 spiro atoms. The number of hydrogen-bond acceptors (Lipinski definition) is 3. The summed E-state index contributed by atoms with van der Waals surface area (Å²) >= 11 is 0. The monoisotopic (exact) mass is 201 g/mol. The summed E-state index contributed by atoms with van der Waals surface area (Å²) in [6.07, 6.45) is 0. The van der Waals surface area contributed by atoms with E-state index in [4.69, 9.17) is 4.74 Å². The molecule has 5 nitrogen and oxygen atoms in total. The van der Waals surface area contributed by atoms with Crippen LogP contribution in [-0.4, -0.2) is 69.3 Å². The first-order chi connectivity index (χ1) is 6.70. The van der Waals surface area contributed by atoms with Crippen molar-refractivity contribution in [3.05, 3.63) is 0 Å². The first-order valence-corrected chi connectivity index (χ1v) is 4.95. The molecule has 1 aliphatic heterocycles. The summed E-state index contributed by atoms with van der Waals surface area (Å²) in [5, 5.41) is 2.83. The van der Waals surface area contributed by atoms with Gasteiger partial charge in [0.05, 0.1) is 13.2 Å². The summed E-state index contributed by atoms with van der Waals surface area (Å²) < 4.78 is 5.23. The van der Waals surface area contributed by atoms with Crippen LogP contribution in [0.1, 0.15) is 0 Å². The molecule has 0 aromatic rings. The molecule has 0 aromatic carbocycles. The van der Waals surface area contributed by atoms with E-state index < -0.39 is 0 Å². The number of carbonyl (C=O) groups excluding carboxylic acids is 1. The molecule has 0 radical (unpaired) electrons. The minimum absolute atomic E-state index is 0.0294. The maximum absolute atomic E-state index is 11.2. The van der Waals surface area contributed by atoms with Crippen LogP contribution in [0.5, 0.6) is 0 Å². The topological polar surface area (TPSA) is 44.8 Å². The highest BCUT2D eigenvalue weighted by atomic mass is 16.5. The molecule has 5 heteroatoms. The zero-order valence-electron chi connectivity index (χ0n) is 8.95.